The second-order valence-electron chi connectivity index (χ2n) is 5.87. The molecule has 3 nitrogen and oxygen atoms in total. The van der Waals surface area contributed by atoms with Gasteiger partial charge < -0.3 is 5.32 Å². The summed E-state index contributed by atoms with van der Waals surface area (Å²) in [6.07, 6.45) is 8.65. The highest BCUT2D eigenvalue weighted by Gasteiger charge is 2.17. The maximum absolute atomic E-state index is 6.44. The van der Waals surface area contributed by atoms with Crippen molar-refractivity contribution in [3.8, 4) is 0 Å². The molecule has 1 aromatic heterocycles. The Kier molecular flexibility index (Phi) is 9.02. The van der Waals surface area contributed by atoms with E-state index in [9.17, 15) is 0 Å². The fraction of sp³-hybridized carbons (Fsp3) is 0.824. The molecule has 1 rings (SSSR count). The molecule has 0 aromatic carbocycles. The minimum atomic E-state index is 0.515. The SMILES string of the molecule is CCCCCCC(Cc1c(Cl)c(C)nn1CC)NCCC. The van der Waals surface area contributed by atoms with E-state index in [0.29, 0.717) is 6.04 Å². The maximum Gasteiger partial charge on any atom is 0.0847 e. The monoisotopic (exact) mass is 313 g/mol. The lowest BCUT2D eigenvalue weighted by Gasteiger charge is -2.19. The van der Waals surface area contributed by atoms with E-state index < -0.39 is 0 Å². The zero-order chi connectivity index (χ0) is 15.7. The summed E-state index contributed by atoms with van der Waals surface area (Å²) in [6, 6.07) is 0.515. The van der Waals surface area contributed by atoms with Crippen LogP contribution < -0.4 is 5.32 Å². The molecular weight excluding hydrogens is 282 g/mol. The molecule has 0 spiro atoms. The molecule has 0 aliphatic heterocycles. The summed E-state index contributed by atoms with van der Waals surface area (Å²) in [6.45, 7) is 10.6. The van der Waals surface area contributed by atoms with Gasteiger partial charge in [-0.2, -0.15) is 5.10 Å². The van der Waals surface area contributed by atoms with Gasteiger partial charge in [0, 0.05) is 19.0 Å². The Morgan fingerprint density at radius 1 is 1.14 bits per heavy atom. The van der Waals surface area contributed by atoms with Gasteiger partial charge in [-0.25, -0.2) is 0 Å². The summed E-state index contributed by atoms with van der Waals surface area (Å²) < 4.78 is 2.06. The van der Waals surface area contributed by atoms with Crippen LogP contribution in [0.15, 0.2) is 0 Å². The molecule has 4 heteroatoms. The highest BCUT2D eigenvalue weighted by molar-refractivity contribution is 6.31. The van der Waals surface area contributed by atoms with Crippen molar-refractivity contribution in [1.82, 2.24) is 15.1 Å². The lowest BCUT2D eigenvalue weighted by Crippen LogP contribution is -2.32. The Hall–Kier alpha value is -0.540. The molecule has 0 radical (unpaired) electrons. The number of hydrogen-bond donors (Lipinski definition) is 1. The molecule has 122 valence electrons. The van der Waals surface area contributed by atoms with Crippen LogP contribution in [0.1, 0.15) is 70.7 Å². The highest BCUT2D eigenvalue weighted by atomic mass is 35.5. The molecule has 0 bridgehead atoms. The molecule has 0 saturated heterocycles. The Morgan fingerprint density at radius 3 is 2.52 bits per heavy atom. The van der Waals surface area contributed by atoms with Crippen LogP contribution in [0.3, 0.4) is 0 Å². The minimum absolute atomic E-state index is 0.515. The number of unbranched alkanes of at least 4 members (excludes halogenated alkanes) is 3. The fourth-order valence-electron chi connectivity index (χ4n) is 2.74. The predicted molar refractivity (Wildman–Crippen MR) is 92.2 cm³/mol. The van der Waals surface area contributed by atoms with E-state index in [2.05, 4.69) is 35.9 Å². The molecule has 1 atom stereocenters. The number of halogens is 1. The molecule has 1 unspecified atom stereocenters. The van der Waals surface area contributed by atoms with Crippen LogP contribution >= 0.6 is 11.6 Å². The zero-order valence-corrected chi connectivity index (χ0v) is 15.0. The average molecular weight is 314 g/mol. The van der Waals surface area contributed by atoms with Crippen LogP contribution in [0.25, 0.3) is 0 Å². The number of nitrogens with zero attached hydrogens (tertiary/aromatic N) is 2. The summed E-state index contributed by atoms with van der Waals surface area (Å²) in [4.78, 5) is 0. The lowest BCUT2D eigenvalue weighted by molar-refractivity contribution is 0.440. The van der Waals surface area contributed by atoms with Gasteiger partial charge >= 0.3 is 0 Å². The van der Waals surface area contributed by atoms with Crippen LogP contribution in [0.2, 0.25) is 5.02 Å². The molecule has 1 N–H and O–H groups in total. The van der Waals surface area contributed by atoms with E-state index in [0.717, 1.165) is 30.2 Å². The molecular formula is C17H32ClN3. The molecule has 21 heavy (non-hydrogen) atoms. The summed E-state index contributed by atoms with van der Waals surface area (Å²) >= 11 is 6.44. The topological polar surface area (TPSA) is 29.9 Å². The van der Waals surface area contributed by atoms with Gasteiger partial charge in [-0.15, -0.1) is 0 Å². The van der Waals surface area contributed by atoms with Gasteiger partial charge in [-0.05, 0) is 33.2 Å². The van der Waals surface area contributed by atoms with E-state index in [-0.39, 0.29) is 0 Å². The van der Waals surface area contributed by atoms with Crippen molar-refractivity contribution in [2.24, 2.45) is 0 Å². The van der Waals surface area contributed by atoms with Gasteiger partial charge in [0.1, 0.15) is 0 Å². The molecule has 0 fully saturated rings. The van der Waals surface area contributed by atoms with Crippen LogP contribution in [0.5, 0.6) is 0 Å². The number of rotatable bonds is 11. The van der Waals surface area contributed by atoms with Crippen LogP contribution in [0, 0.1) is 6.92 Å². The molecule has 0 saturated carbocycles. The first-order valence-electron chi connectivity index (χ1n) is 8.59. The van der Waals surface area contributed by atoms with E-state index in [4.69, 9.17) is 11.6 Å². The van der Waals surface area contributed by atoms with Crippen molar-refractivity contribution in [3.63, 3.8) is 0 Å². The van der Waals surface area contributed by atoms with Crippen molar-refractivity contribution in [2.45, 2.75) is 85.2 Å². The highest BCUT2D eigenvalue weighted by Crippen LogP contribution is 2.23. The van der Waals surface area contributed by atoms with Crippen molar-refractivity contribution in [1.29, 1.82) is 0 Å². The van der Waals surface area contributed by atoms with Gasteiger partial charge in [0.25, 0.3) is 0 Å². The molecule has 1 aromatic rings. The third-order valence-electron chi connectivity index (χ3n) is 3.98. The third-order valence-corrected chi connectivity index (χ3v) is 4.47. The molecule has 0 amide bonds. The van der Waals surface area contributed by atoms with Gasteiger partial charge in [0.05, 0.1) is 16.4 Å². The van der Waals surface area contributed by atoms with E-state index >= 15 is 0 Å². The third kappa shape index (κ3) is 5.99. The predicted octanol–water partition coefficient (Wildman–Crippen LogP) is 4.75. The number of nitrogens with one attached hydrogen (secondary N) is 1. The van der Waals surface area contributed by atoms with Crippen LogP contribution in [-0.2, 0) is 13.0 Å². The smallest absolute Gasteiger partial charge is 0.0847 e. The average Bonchev–Trinajstić information content (AvgIpc) is 2.76. The summed E-state index contributed by atoms with van der Waals surface area (Å²) in [5.41, 5.74) is 2.15. The Balaban J connectivity index is 2.66. The second kappa shape index (κ2) is 10.2. The summed E-state index contributed by atoms with van der Waals surface area (Å²) in [5.74, 6) is 0. The van der Waals surface area contributed by atoms with Gasteiger partial charge in [-0.3, -0.25) is 4.68 Å². The Morgan fingerprint density at radius 2 is 1.90 bits per heavy atom. The minimum Gasteiger partial charge on any atom is -0.314 e. The van der Waals surface area contributed by atoms with Crippen LogP contribution in [-0.4, -0.2) is 22.4 Å². The normalized spacial score (nSPS) is 12.8. The van der Waals surface area contributed by atoms with E-state index in [1.54, 1.807) is 0 Å². The largest absolute Gasteiger partial charge is 0.314 e. The van der Waals surface area contributed by atoms with Gasteiger partial charge in [0.2, 0.25) is 0 Å². The number of aromatic nitrogens is 2. The number of aryl methyl sites for hydroxylation is 2. The fourth-order valence-corrected chi connectivity index (χ4v) is 2.95. The Bertz CT molecular complexity index is 401. The maximum atomic E-state index is 6.44. The second-order valence-corrected chi connectivity index (χ2v) is 6.24. The van der Waals surface area contributed by atoms with Gasteiger partial charge in [-0.1, -0.05) is 51.1 Å². The first-order valence-corrected chi connectivity index (χ1v) is 8.96. The standard InChI is InChI=1S/C17H32ClN3/c1-5-8-9-10-11-15(19-12-6-2)13-16-17(18)14(4)20-21(16)7-3/h15,19H,5-13H2,1-4H3. The molecule has 0 aliphatic rings. The molecule has 0 aliphatic carbocycles. The van der Waals surface area contributed by atoms with Crippen LogP contribution in [0.4, 0.5) is 0 Å². The summed E-state index contributed by atoms with van der Waals surface area (Å²) in [7, 11) is 0. The summed E-state index contributed by atoms with van der Waals surface area (Å²) in [5, 5.41) is 9.07. The first kappa shape index (κ1) is 18.5. The van der Waals surface area contributed by atoms with Crippen molar-refractivity contribution in [2.75, 3.05) is 6.54 Å². The van der Waals surface area contributed by atoms with E-state index in [1.165, 1.54) is 44.2 Å². The van der Waals surface area contributed by atoms with Gasteiger partial charge in [0.15, 0.2) is 0 Å². The van der Waals surface area contributed by atoms with E-state index in [1.807, 2.05) is 6.92 Å². The zero-order valence-electron chi connectivity index (χ0n) is 14.2. The van der Waals surface area contributed by atoms with Crippen molar-refractivity contribution in [3.05, 3.63) is 16.4 Å². The Labute approximate surface area is 135 Å². The van der Waals surface area contributed by atoms with Crippen molar-refractivity contribution < 1.29 is 0 Å². The number of hydrogen-bond acceptors (Lipinski definition) is 2. The van der Waals surface area contributed by atoms with Crippen molar-refractivity contribution >= 4 is 11.6 Å². The quantitative estimate of drug-likeness (QED) is 0.598. The lowest BCUT2D eigenvalue weighted by atomic mass is 10.0. The molecule has 1 heterocycles. The first-order chi connectivity index (χ1) is 10.1.